The molecule has 0 atom stereocenters. The molecule has 7 heteroatoms. The maximum absolute atomic E-state index is 13.3. The molecule has 186 valence electrons. The summed E-state index contributed by atoms with van der Waals surface area (Å²) in [7, 11) is 0. The van der Waals surface area contributed by atoms with Crippen molar-refractivity contribution in [1.29, 1.82) is 0 Å². The van der Waals surface area contributed by atoms with Crippen LogP contribution >= 0.6 is 0 Å². The van der Waals surface area contributed by atoms with Crippen LogP contribution in [0, 0.1) is 34.8 Å². The zero-order valence-electron chi connectivity index (χ0n) is 20.9. The fourth-order valence-electron chi connectivity index (χ4n) is 7.55. The fourth-order valence-corrected chi connectivity index (χ4v) is 7.55. The van der Waals surface area contributed by atoms with E-state index in [1.54, 1.807) is 23.0 Å². The van der Waals surface area contributed by atoms with Gasteiger partial charge in [-0.3, -0.25) is 25.0 Å². The summed E-state index contributed by atoms with van der Waals surface area (Å²) in [6.07, 6.45) is 10.4. The highest BCUT2D eigenvalue weighted by Gasteiger charge is 2.51. The number of nitrogens with zero attached hydrogens (tertiary/aromatic N) is 3. The summed E-state index contributed by atoms with van der Waals surface area (Å²) in [4.78, 5) is 28.5. The smallest absolute Gasteiger partial charge is 0.280 e. The van der Waals surface area contributed by atoms with Crippen LogP contribution in [0.3, 0.4) is 0 Å². The van der Waals surface area contributed by atoms with Gasteiger partial charge in [-0.2, -0.15) is 0 Å². The van der Waals surface area contributed by atoms with Crippen molar-refractivity contribution in [3.63, 3.8) is 0 Å². The van der Waals surface area contributed by atoms with Gasteiger partial charge >= 0.3 is 0 Å². The van der Waals surface area contributed by atoms with Gasteiger partial charge < -0.3 is 0 Å². The number of nitro benzene ring substituents is 1. The Morgan fingerprint density at radius 3 is 2.31 bits per heavy atom. The topological polar surface area (TPSA) is 93.3 Å². The molecule has 0 amide bonds. The molecule has 4 bridgehead atoms. The molecule has 1 heterocycles. The fraction of sp³-hybridized carbons (Fsp3) is 0.448. The van der Waals surface area contributed by atoms with E-state index in [1.807, 2.05) is 13.8 Å². The standard InChI is InChI=1S/C29H32N4O3/c1-3-22-13-25(33(35)36)8-9-27(22)30-17-26-18(2)31-32(28(26)34)24-6-4-23(5-7-24)29-14-19-10-20(15-29)12-21(11-19)16-29/h4-9,13,17,19-21,31H,3,10-12,14-16H2,1-2H3. The van der Waals surface area contributed by atoms with E-state index in [1.165, 1.54) is 50.2 Å². The SMILES string of the molecule is CCc1cc([N+](=O)[O-])ccc1N=Cc1c(C)[nH]n(-c2ccc(C34CC5CC(CC(C5)C3)C4)cc2)c1=O. The van der Waals surface area contributed by atoms with Gasteiger partial charge in [-0.25, -0.2) is 4.68 Å². The number of H-pyrrole nitrogens is 1. The lowest BCUT2D eigenvalue weighted by molar-refractivity contribution is -0.384. The van der Waals surface area contributed by atoms with Gasteiger partial charge in [0.2, 0.25) is 0 Å². The van der Waals surface area contributed by atoms with Crippen molar-refractivity contribution >= 4 is 17.6 Å². The highest BCUT2D eigenvalue weighted by molar-refractivity contribution is 5.83. The number of nitro groups is 1. The molecule has 4 fully saturated rings. The number of rotatable bonds is 6. The second-order valence-electron chi connectivity index (χ2n) is 11.2. The number of benzene rings is 2. The van der Waals surface area contributed by atoms with Gasteiger partial charge in [0.25, 0.3) is 11.2 Å². The van der Waals surface area contributed by atoms with E-state index in [-0.39, 0.29) is 11.2 Å². The summed E-state index contributed by atoms with van der Waals surface area (Å²) in [6.45, 7) is 3.79. The number of aromatic amines is 1. The van der Waals surface area contributed by atoms with Crippen LogP contribution in [0.15, 0.2) is 52.3 Å². The quantitative estimate of drug-likeness (QED) is 0.258. The Morgan fingerprint density at radius 2 is 1.72 bits per heavy atom. The molecule has 4 saturated carbocycles. The number of aliphatic imine (C=N–C) groups is 1. The third-order valence-electron chi connectivity index (χ3n) is 8.88. The van der Waals surface area contributed by atoms with Crippen molar-refractivity contribution < 1.29 is 4.92 Å². The minimum atomic E-state index is -0.407. The van der Waals surface area contributed by atoms with Crippen molar-refractivity contribution in [3.05, 3.63) is 85.3 Å². The van der Waals surface area contributed by atoms with Gasteiger partial charge in [0.05, 0.1) is 21.9 Å². The monoisotopic (exact) mass is 484 g/mol. The Balaban J connectivity index is 1.27. The van der Waals surface area contributed by atoms with Crippen LogP contribution in [-0.2, 0) is 11.8 Å². The first-order valence-electron chi connectivity index (χ1n) is 13.1. The van der Waals surface area contributed by atoms with Crippen LogP contribution in [0.25, 0.3) is 5.69 Å². The van der Waals surface area contributed by atoms with E-state index < -0.39 is 4.92 Å². The Labute approximate surface area is 210 Å². The normalized spacial score (nSPS) is 26.7. The van der Waals surface area contributed by atoms with Gasteiger partial charge in [0.1, 0.15) is 0 Å². The van der Waals surface area contributed by atoms with E-state index in [0.29, 0.717) is 23.1 Å². The maximum Gasteiger partial charge on any atom is 0.280 e. The summed E-state index contributed by atoms with van der Waals surface area (Å²) >= 11 is 0. The second-order valence-corrected chi connectivity index (χ2v) is 11.2. The largest absolute Gasteiger partial charge is 0.295 e. The number of hydrogen-bond donors (Lipinski definition) is 1. The molecule has 0 spiro atoms. The highest BCUT2D eigenvalue weighted by atomic mass is 16.6. The third kappa shape index (κ3) is 3.81. The zero-order valence-corrected chi connectivity index (χ0v) is 20.9. The van der Waals surface area contributed by atoms with E-state index in [9.17, 15) is 14.9 Å². The molecule has 1 aromatic heterocycles. The van der Waals surface area contributed by atoms with E-state index >= 15 is 0 Å². The number of non-ortho nitro benzene ring substituents is 1. The van der Waals surface area contributed by atoms with Crippen molar-refractivity contribution in [2.45, 2.75) is 64.2 Å². The summed E-state index contributed by atoms with van der Waals surface area (Å²) in [5.74, 6) is 2.70. The molecular weight excluding hydrogens is 452 g/mol. The van der Waals surface area contributed by atoms with Gasteiger partial charge in [0, 0.05) is 24.0 Å². The molecule has 0 unspecified atom stereocenters. The molecule has 7 rings (SSSR count). The number of nitrogens with one attached hydrogen (secondary N) is 1. The minimum Gasteiger partial charge on any atom is -0.295 e. The Morgan fingerprint density at radius 1 is 1.08 bits per heavy atom. The van der Waals surface area contributed by atoms with Crippen molar-refractivity contribution in [1.82, 2.24) is 9.78 Å². The van der Waals surface area contributed by atoms with Gasteiger partial charge in [-0.15, -0.1) is 0 Å². The van der Waals surface area contributed by atoms with E-state index in [4.69, 9.17) is 0 Å². The van der Waals surface area contributed by atoms with Crippen molar-refractivity contribution in [2.75, 3.05) is 0 Å². The number of hydrogen-bond acceptors (Lipinski definition) is 4. The molecule has 0 aliphatic heterocycles. The molecule has 0 saturated heterocycles. The molecule has 1 N–H and O–H groups in total. The molecule has 7 nitrogen and oxygen atoms in total. The third-order valence-corrected chi connectivity index (χ3v) is 8.88. The molecule has 4 aliphatic carbocycles. The summed E-state index contributed by atoms with van der Waals surface area (Å²) in [5.41, 5.74) is 5.11. The van der Waals surface area contributed by atoms with Gasteiger partial charge in [-0.1, -0.05) is 19.1 Å². The first-order valence-corrected chi connectivity index (χ1v) is 13.1. The first-order chi connectivity index (χ1) is 17.3. The van der Waals surface area contributed by atoms with E-state index in [0.717, 1.165) is 34.7 Å². The Kier molecular flexibility index (Phi) is 5.47. The van der Waals surface area contributed by atoms with Crippen LogP contribution in [0.1, 0.15) is 67.8 Å². The lowest BCUT2D eigenvalue weighted by Gasteiger charge is -2.57. The average Bonchev–Trinajstić information content (AvgIpc) is 3.14. The van der Waals surface area contributed by atoms with Crippen LogP contribution in [-0.4, -0.2) is 20.9 Å². The van der Waals surface area contributed by atoms with Gasteiger partial charge in [-0.05, 0) is 104 Å². The minimum absolute atomic E-state index is 0.0444. The lowest BCUT2D eigenvalue weighted by atomic mass is 9.48. The van der Waals surface area contributed by atoms with Crippen molar-refractivity contribution in [2.24, 2.45) is 22.7 Å². The number of aromatic nitrogens is 2. The number of aryl methyl sites for hydroxylation is 2. The molecular formula is C29H32N4O3. The van der Waals surface area contributed by atoms with Crippen LogP contribution in [0.4, 0.5) is 11.4 Å². The average molecular weight is 485 g/mol. The first kappa shape index (κ1) is 23.0. The van der Waals surface area contributed by atoms with Crippen LogP contribution in [0.5, 0.6) is 0 Å². The van der Waals surface area contributed by atoms with Crippen molar-refractivity contribution in [3.8, 4) is 5.69 Å². The van der Waals surface area contributed by atoms with Crippen LogP contribution in [0.2, 0.25) is 0 Å². The predicted molar refractivity (Wildman–Crippen MR) is 141 cm³/mol. The molecule has 4 aliphatic rings. The van der Waals surface area contributed by atoms with Crippen LogP contribution < -0.4 is 5.56 Å². The Hall–Kier alpha value is -3.48. The molecule has 2 aromatic carbocycles. The molecule has 0 radical (unpaired) electrons. The predicted octanol–water partition coefficient (Wildman–Crippen LogP) is 6.16. The second kappa shape index (κ2) is 8.57. The summed E-state index contributed by atoms with van der Waals surface area (Å²) < 4.78 is 1.58. The lowest BCUT2D eigenvalue weighted by Crippen LogP contribution is -2.48. The molecule has 3 aromatic rings. The summed E-state index contributed by atoms with van der Waals surface area (Å²) in [5, 5.41) is 14.3. The zero-order chi connectivity index (χ0) is 25.0. The highest BCUT2D eigenvalue weighted by Crippen LogP contribution is 2.60. The van der Waals surface area contributed by atoms with Gasteiger partial charge in [0.15, 0.2) is 0 Å². The van der Waals surface area contributed by atoms with E-state index in [2.05, 4.69) is 34.4 Å². The maximum atomic E-state index is 13.3. The molecule has 36 heavy (non-hydrogen) atoms. The Bertz CT molecular complexity index is 1380. The summed E-state index contributed by atoms with van der Waals surface area (Å²) in [6, 6.07) is 13.2.